The quantitative estimate of drug-likeness (QED) is 0.825. The zero-order chi connectivity index (χ0) is 11.4. The molecule has 4 heteroatoms. The van der Waals surface area contributed by atoms with E-state index in [1.807, 2.05) is 30.3 Å². The minimum atomic E-state index is 0.529. The van der Waals surface area contributed by atoms with Crippen molar-refractivity contribution in [1.82, 2.24) is 4.98 Å². The molecule has 0 aliphatic heterocycles. The lowest BCUT2D eigenvalue weighted by molar-refractivity contribution is 0.417. The van der Waals surface area contributed by atoms with Crippen molar-refractivity contribution >= 4 is 17.2 Å². The first-order chi connectivity index (χ1) is 7.79. The number of methoxy groups -OCH3 is 1. The van der Waals surface area contributed by atoms with Crippen LogP contribution in [0.4, 0.5) is 17.2 Å². The summed E-state index contributed by atoms with van der Waals surface area (Å²) in [5.74, 6) is 1.32. The van der Waals surface area contributed by atoms with Crippen LogP contribution in [0.2, 0.25) is 0 Å². The number of anilines is 3. The molecule has 0 atom stereocenters. The average molecular weight is 215 g/mol. The third-order valence-electron chi connectivity index (χ3n) is 2.16. The van der Waals surface area contributed by atoms with Gasteiger partial charge in [-0.2, -0.15) is 0 Å². The van der Waals surface area contributed by atoms with Crippen molar-refractivity contribution in [3.8, 4) is 5.75 Å². The minimum absolute atomic E-state index is 0.529. The molecule has 1 heterocycles. The summed E-state index contributed by atoms with van der Waals surface area (Å²) in [5, 5.41) is 3.16. The van der Waals surface area contributed by atoms with Gasteiger partial charge in [-0.25, -0.2) is 4.98 Å². The Bertz CT molecular complexity index is 471. The van der Waals surface area contributed by atoms with E-state index in [-0.39, 0.29) is 0 Å². The summed E-state index contributed by atoms with van der Waals surface area (Å²) in [5.41, 5.74) is 7.18. The molecule has 0 aliphatic rings. The number of aromatic nitrogens is 1. The number of nitrogens with two attached hydrogens (primary N) is 1. The molecule has 0 amide bonds. The summed E-state index contributed by atoms with van der Waals surface area (Å²) in [6.07, 6.45) is 1.57. The van der Waals surface area contributed by atoms with E-state index in [1.165, 1.54) is 0 Å². The van der Waals surface area contributed by atoms with Crippen LogP contribution in [0.1, 0.15) is 0 Å². The predicted octanol–water partition coefficient (Wildman–Crippen LogP) is 2.42. The number of hydrogen-bond acceptors (Lipinski definition) is 4. The molecule has 0 fully saturated rings. The summed E-state index contributed by atoms with van der Waals surface area (Å²) >= 11 is 0. The Morgan fingerprint density at radius 3 is 2.69 bits per heavy atom. The van der Waals surface area contributed by atoms with E-state index < -0.39 is 0 Å². The van der Waals surface area contributed by atoms with Crippen molar-refractivity contribution in [3.63, 3.8) is 0 Å². The number of hydrogen-bond donors (Lipinski definition) is 2. The lowest BCUT2D eigenvalue weighted by Crippen LogP contribution is -1.97. The van der Waals surface area contributed by atoms with Crippen LogP contribution in [0, 0.1) is 0 Å². The van der Waals surface area contributed by atoms with Crippen molar-refractivity contribution in [2.75, 3.05) is 18.2 Å². The van der Waals surface area contributed by atoms with Gasteiger partial charge < -0.3 is 15.8 Å². The maximum atomic E-state index is 5.68. The average Bonchev–Trinajstić information content (AvgIpc) is 2.33. The van der Waals surface area contributed by atoms with E-state index in [0.29, 0.717) is 17.3 Å². The number of rotatable bonds is 3. The fraction of sp³-hybridized carbons (Fsp3) is 0.0833. The molecule has 82 valence electrons. The van der Waals surface area contributed by atoms with Gasteiger partial charge in [0.1, 0.15) is 11.6 Å². The Labute approximate surface area is 94.1 Å². The van der Waals surface area contributed by atoms with Gasteiger partial charge in [0.2, 0.25) is 0 Å². The fourth-order valence-corrected chi connectivity index (χ4v) is 1.36. The molecule has 0 spiro atoms. The topological polar surface area (TPSA) is 60.2 Å². The van der Waals surface area contributed by atoms with Gasteiger partial charge in [-0.3, -0.25) is 0 Å². The van der Waals surface area contributed by atoms with E-state index >= 15 is 0 Å². The van der Waals surface area contributed by atoms with Crippen LogP contribution < -0.4 is 15.8 Å². The van der Waals surface area contributed by atoms with E-state index in [2.05, 4.69) is 10.3 Å². The largest absolute Gasteiger partial charge is 0.494 e. The zero-order valence-electron chi connectivity index (χ0n) is 8.97. The van der Waals surface area contributed by atoms with Gasteiger partial charge in [0.25, 0.3) is 0 Å². The summed E-state index contributed by atoms with van der Waals surface area (Å²) in [6.45, 7) is 0. The molecule has 4 nitrogen and oxygen atoms in total. The van der Waals surface area contributed by atoms with E-state index in [1.54, 1.807) is 19.4 Å². The molecule has 16 heavy (non-hydrogen) atoms. The highest BCUT2D eigenvalue weighted by atomic mass is 16.5. The number of benzene rings is 1. The number of nitrogens with zero attached hydrogens (tertiary/aromatic N) is 1. The highest BCUT2D eigenvalue weighted by Gasteiger charge is 2.02. The number of pyridine rings is 1. The van der Waals surface area contributed by atoms with Gasteiger partial charge in [0.05, 0.1) is 19.0 Å². The Morgan fingerprint density at radius 2 is 2.00 bits per heavy atom. The molecule has 3 N–H and O–H groups in total. The minimum Gasteiger partial charge on any atom is -0.494 e. The Kier molecular flexibility index (Phi) is 2.91. The molecule has 2 rings (SSSR count). The van der Waals surface area contributed by atoms with E-state index in [9.17, 15) is 0 Å². The highest BCUT2D eigenvalue weighted by molar-refractivity contribution is 5.62. The SMILES string of the molecule is COc1cc(Nc2ccccc2)ncc1N. The van der Waals surface area contributed by atoms with Crippen molar-refractivity contribution in [2.45, 2.75) is 0 Å². The summed E-state index contributed by atoms with van der Waals surface area (Å²) < 4.78 is 5.12. The third-order valence-corrected chi connectivity index (χ3v) is 2.16. The molecule has 0 unspecified atom stereocenters. The molecular formula is C12H13N3O. The first kappa shape index (κ1) is 10.3. The number of nitrogens with one attached hydrogen (secondary N) is 1. The Balaban J connectivity index is 2.22. The lowest BCUT2D eigenvalue weighted by atomic mass is 10.3. The first-order valence-electron chi connectivity index (χ1n) is 4.91. The molecule has 0 aliphatic carbocycles. The molecule has 1 aromatic carbocycles. The van der Waals surface area contributed by atoms with Crippen molar-refractivity contribution in [3.05, 3.63) is 42.6 Å². The summed E-state index contributed by atoms with van der Waals surface area (Å²) in [7, 11) is 1.58. The maximum absolute atomic E-state index is 5.68. The second-order valence-corrected chi connectivity index (χ2v) is 3.30. The van der Waals surface area contributed by atoms with Crippen LogP contribution in [0.15, 0.2) is 42.6 Å². The highest BCUT2D eigenvalue weighted by Crippen LogP contribution is 2.24. The van der Waals surface area contributed by atoms with Crippen molar-refractivity contribution in [1.29, 1.82) is 0 Å². The summed E-state index contributed by atoms with van der Waals surface area (Å²) in [4.78, 5) is 4.17. The standard InChI is InChI=1S/C12H13N3O/c1-16-11-7-12(14-8-10(11)13)15-9-5-3-2-4-6-9/h2-8H,13H2,1H3,(H,14,15). The normalized spacial score (nSPS) is 9.81. The van der Waals surface area contributed by atoms with Gasteiger partial charge in [0, 0.05) is 11.8 Å². The smallest absolute Gasteiger partial charge is 0.147 e. The van der Waals surface area contributed by atoms with Gasteiger partial charge in [-0.05, 0) is 12.1 Å². The van der Waals surface area contributed by atoms with Gasteiger partial charge in [0.15, 0.2) is 0 Å². The monoisotopic (exact) mass is 215 g/mol. The van der Waals surface area contributed by atoms with Crippen molar-refractivity contribution < 1.29 is 4.74 Å². The molecule has 0 saturated carbocycles. The second-order valence-electron chi connectivity index (χ2n) is 3.30. The lowest BCUT2D eigenvalue weighted by Gasteiger charge is -2.08. The van der Waals surface area contributed by atoms with Gasteiger partial charge in [-0.15, -0.1) is 0 Å². The maximum Gasteiger partial charge on any atom is 0.147 e. The predicted molar refractivity (Wildman–Crippen MR) is 64.9 cm³/mol. The van der Waals surface area contributed by atoms with Crippen LogP contribution >= 0.6 is 0 Å². The first-order valence-corrected chi connectivity index (χ1v) is 4.91. The number of para-hydroxylation sites is 1. The molecule has 2 aromatic rings. The van der Waals surface area contributed by atoms with Crippen molar-refractivity contribution in [2.24, 2.45) is 0 Å². The summed E-state index contributed by atoms with van der Waals surface area (Å²) in [6, 6.07) is 11.6. The van der Waals surface area contributed by atoms with Gasteiger partial charge in [-0.1, -0.05) is 18.2 Å². The zero-order valence-corrected chi connectivity index (χ0v) is 8.97. The second kappa shape index (κ2) is 4.53. The molecule has 0 radical (unpaired) electrons. The van der Waals surface area contributed by atoms with Crippen LogP contribution in [0.5, 0.6) is 5.75 Å². The van der Waals surface area contributed by atoms with E-state index in [4.69, 9.17) is 10.5 Å². The van der Waals surface area contributed by atoms with Crippen LogP contribution in [-0.2, 0) is 0 Å². The molecule has 0 saturated heterocycles. The Morgan fingerprint density at radius 1 is 1.25 bits per heavy atom. The molecule has 0 bridgehead atoms. The fourth-order valence-electron chi connectivity index (χ4n) is 1.36. The number of nitrogen functional groups attached to an aromatic ring is 1. The van der Waals surface area contributed by atoms with Crippen LogP contribution in [0.3, 0.4) is 0 Å². The van der Waals surface area contributed by atoms with Gasteiger partial charge >= 0.3 is 0 Å². The van der Waals surface area contributed by atoms with Crippen LogP contribution in [0.25, 0.3) is 0 Å². The van der Waals surface area contributed by atoms with E-state index in [0.717, 1.165) is 5.69 Å². The third kappa shape index (κ3) is 2.23. The molecule has 1 aromatic heterocycles. The number of ether oxygens (including phenoxy) is 1. The van der Waals surface area contributed by atoms with Crippen LogP contribution in [-0.4, -0.2) is 12.1 Å². The molecular weight excluding hydrogens is 202 g/mol. The Hall–Kier alpha value is -2.23.